The van der Waals surface area contributed by atoms with Crippen molar-refractivity contribution in [1.29, 1.82) is 0 Å². The summed E-state index contributed by atoms with van der Waals surface area (Å²) >= 11 is 0. The number of nitrogens with one attached hydrogen (secondary N) is 1. The van der Waals surface area contributed by atoms with Crippen LogP contribution in [0.25, 0.3) is 5.69 Å². The van der Waals surface area contributed by atoms with Crippen LogP contribution in [0, 0.1) is 5.82 Å². The van der Waals surface area contributed by atoms with Gasteiger partial charge in [-0.15, -0.1) is 0 Å². The van der Waals surface area contributed by atoms with Gasteiger partial charge < -0.3 is 10.1 Å². The van der Waals surface area contributed by atoms with Crippen LogP contribution in [0.4, 0.5) is 10.1 Å². The summed E-state index contributed by atoms with van der Waals surface area (Å²) in [5.74, 6) is -1.23. The monoisotopic (exact) mass is 418 g/mol. The fraction of sp³-hybridized carbons (Fsp3) is 0.0556. The molecule has 0 atom stereocenters. The van der Waals surface area contributed by atoms with Gasteiger partial charge in [-0.05, 0) is 48.5 Å². The van der Waals surface area contributed by atoms with Crippen LogP contribution in [0.3, 0.4) is 0 Å². The van der Waals surface area contributed by atoms with Crippen molar-refractivity contribution in [3.05, 3.63) is 76.3 Å². The quantitative estimate of drug-likeness (QED) is 0.641. The van der Waals surface area contributed by atoms with E-state index in [1.165, 1.54) is 60.3 Å². The molecule has 0 saturated carbocycles. The predicted octanol–water partition coefficient (Wildman–Crippen LogP) is 1.28. The Hall–Kier alpha value is -3.57. The largest absolute Gasteiger partial charge is 0.481 e. The first-order valence-corrected chi connectivity index (χ1v) is 9.62. The number of ether oxygens (including phenoxy) is 1. The summed E-state index contributed by atoms with van der Waals surface area (Å²) < 4.78 is 42.1. The van der Waals surface area contributed by atoms with E-state index in [1.54, 1.807) is 0 Å². The van der Waals surface area contributed by atoms with Gasteiger partial charge in [0, 0.05) is 5.69 Å². The minimum Gasteiger partial charge on any atom is -0.481 e. The van der Waals surface area contributed by atoms with Crippen molar-refractivity contribution >= 4 is 21.6 Å². The van der Waals surface area contributed by atoms with E-state index in [4.69, 9.17) is 9.88 Å². The van der Waals surface area contributed by atoms with Crippen LogP contribution in [0.2, 0.25) is 0 Å². The van der Waals surface area contributed by atoms with Crippen LogP contribution in [0.1, 0.15) is 10.5 Å². The van der Waals surface area contributed by atoms with Gasteiger partial charge in [0.2, 0.25) is 21.3 Å². The number of primary sulfonamides is 1. The molecule has 0 bridgehead atoms. The fourth-order valence-electron chi connectivity index (χ4n) is 2.43. The van der Waals surface area contributed by atoms with Crippen LogP contribution in [-0.4, -0.2) is 31.2 Å². The number of amides is 1. The van der Waals surface area contributed by atoms with Gasteiger partial charge in [0.15, 0.2) is 5.69 Å². The van der Waals surface area contributed by atoms with E-state index in [0.717, 1.165) is 6.07 Å². The maximum atomic E-state index is 13.2. The Bertz CT molecular complexity index is 1220. The summed E-state index contributed by atoms with van der Waals surface area (Å²) in [6.45, 7) is 0. The third-order valence-electron chi connectivity index (χ3n) is 3.83. The normalized spacial score (nSPS) is 11.1. The molecule has 2 aromatic carbocycles. The number of carbonyl (C=O) groups excluding carboxylic acids is 1. The summed E-state index contributed by atoms with van der Waals surface area (Å²) in [6, 6.07) is 11.3. The number of methoxy groups -OCH3 is 1. The Morgan fingerprint density at radius 1 is 1.14 bits per heavy atom. The van der Waals surface area contributed by atoms with Crippen molar-refractivity contribution in [3.63, 3.8) is 0 Å². The van der Waals surface area contributed by atoms with Crippen LogP contribution in [0.15, 0.2) is 64.3 Å². The number of sulfonamides is 1. The van der Waals surface area contributed by atoms with E-state index in [-0.39, 0.29) is 16.5 Å². The minimum absolute atomic E-state index is 0.0515. The van der Waals surface area contributed by atoms with Gasteiger partial charge in [0.1, 0.15) is 5.82 Å². The fourth-order valence-corrected chi connectivity index (χ4v) is 2.94. The Morgan fingerprint density at radius 2 is 1.76 bits per heavy atom. The van der Waals surface area contributed by atoms with Crippen LogP contribution in [0.5, 0.6) is 5.88 Å². The van der Waals surface area contributed by atoms with E-state index in [9.17, 15) is 22.4 Å². The molecule has 0 spiro atoms. The maximum absolute atomic E-state index is 13.2. The highest BCUT2D eigenvalue weighted by Gasteiger charge is 2.18. The molecule has 1 aromatic heterocycles. The number of halogens is 1. The first-order valence-electron chi connectivity index (χ1n) is 8.07. The van der Waals surface area contributed by atoms with Crippen LogP contribution in [-0.2, 0) is 10.0 Å². The lowest BCUT2D eigenvalue weighted by Gasteiger charge is -2.12. The van der Waals surface area contributed by atoms with Crippen molar-refractivity contribution in [2.75, 3.05) is 12.4 Å². The zero-order valence-electron chi connectivity index (χ0n) is 15.0. The number of anilines is 1. The predicted molar refractivity (Wildman–Crippen MR) is 102 cm³/mol. The third-order valence-corrected chi connectivity index (χ3v) is 4.76. The van der Waals surface area contributed by atoms with Crippen molar-refractivity contribution in [1.82, 2.24) is 9.78 Å². The molecular formula is C18H15FN4O5S. The zero-order valence-corrected chi connectivity index (χ0v) is 15.8. The number of hydrogen-bond donors (Lipinski definition) is 2. The van der Waals surface area contributed by atoms with E-state index in [1.807, 2.05) is 0 Å². The average molecular weight is 418 g/mol. The van der Waals surface area contributed by atoms with Gasteiger partial charge in [0.25, 0.3) is 5.91 Å². The molecule has 0 radical (unpaired) electrons. The summed E-state index contributed by atoms with van der Waals surface area (Å²) in [6.07, 6.45) is 0. The molecule has 1 amide bonds. The summed E-state index contributed by atoms with van der Waals surface area (Å²) in [5.41, 5.74) is -0.535. The van der Waals surface area contributed by atoms with Crippen molar-refractivity contribution in [2.45, 2.75) is 4.90 Å². The SMILES string of the molecule is COc1cc(=O)c(C(=O)Nc2ccc(S(N)(=O)=O)cc2)nn1-c1ccc(F)cc1. The molecule has 0 aliphatic rings. The lowest BCUT2D eigenvalue weighted by Crippen LogP contribution is -2.26. The number of rotatable bonds is 5. The first-order chi connectivity index (χ1) is 13.7. The molecule has 3 rings (SSSR count). The molecule has 150 valence electrons. The molecular weight excluding hydrogens is 403 g/mol. The second kappa shape index (κ2) is 7.81. The molecule has 3 aromatic rings. The Balaban J connectivity index is 1.95. The summed E-state index contributed by atoms with van der Waals surface area (Å²) in [7, 11) is -2.55. The summed E-state index contributed by atoms with van der Waals surface area (Å²) in [5, 5.41) is 11.5. The topological polar surface area (TPSA) is 133 Å². The molecule has 1 heterocycles. The van der Waals surface area contributed by atoms with Gasteiger partial charge in [-0.1, -0.05) is 0 Å². The lowest BCUT2D eigenvalue weighted by atomic mass is 10.3. The van der Waals surface area contributed by atoms with E-state index < -0.39 is 32.9 Å². The van der Waals surface area contributed by atoms with Crippen molar-refractivity contribution in [3.8, 4) is 11.6 Å². The zero-order chi connectivity index (χ0) is 21.2. The van der Waals surface area contributed by atoms with Crippen LogP contribution < -0.4 is 20.6 Å². The molecule has 9 nitrogen and oxygen atoms in total. The van der Waals surface area contributed by atoms with E-state index >= 15 is 0 Å². The smallest absolute Gasteiger partial charge is 0.280 e. The second-order valence-electron chi connectivity index (χ2n) is 5.81. The van der Waals surface area contributed by atoms with Crippen molar-refractivity contribution < 1.29 is 22.3 Å². The van der Waals surface area contributed by atoms with Gasteiger partial charge in [-0.25, -0.2) is 22.6 Å². The molecule has 11 heteroatoms. The van der Waals surface area contributed by atoms with E-state index in [0.29, 0.717) is 5.69 Å². The lowest BCUT2D eigenvalue weighted by molar-refractivity contribution is 0.101. The van der Waals surface area contributed by atoms with Crippen molar-refractivity contribution in [2.24, 2.45) is 5.14 Å². The first kappa shape index (κ1) is 20.2. The second-order valence-corrected chi connectivity index (χ2v) is 7.37. The highest BCUT2D eigenvalue weighted by atomic mass is 32.2. The number of nitrogens with two attached hydrogens (primary N) is 1. The number of benzene rings is 2. The molecule has 29 heavy (non-hydrogen) atoms. The standard InChI is InChI=1S/C18H15FN4O5S/c1-28-16-10-15(24)17(22-23(16)13-6-2-11(19)3-7-13)18(25)21-12-4-8-14(9-5-12)29(20,26)27/h2-10H,1H3,(H,21,25)(H2,20,26,27). The number of aromatic nitrogens is 2. The van der Waals surface area contributed by atoms with Crippen LogP contribution >= 0.6 is 0 Å². The van der Waals surface area contributed by atoms with Gasteiger partial charge in [0.05, 0.1) is 23.8 Å². The average Bonchev–Trinajstić information content (AvgIpc) is 2.68. The Labute approximate surface area is 164 Å². The Morgan fingerprint density at radius 3 is 2.31 bits per heavy atom. The number of carbonyl (C=O) groups is 1. The molecule has 3 N–H and O–H groups in total. The molecule has 0 saturated heterocycles. The van der Waals surface area contributed by atoms with E-state index in [2.05, 4.69) is 10.4 Å². The molecule has 0 aliphatic heterocycles. The van der Waals surface area contributed by atoms with Gasteiger partial charge in [-0.3, -0.25) is 9.59 Å². The van der Waals surface area contributed by atoms with Gasteiger partial charge >= 0.3 is 0 Å². The molecule has 0 unspecified atom stereocenters. The third kappa shape index (κ3) is 4.47. The highest BCUT2D eigenvalue weighted by Crippen LogP contribution is 2.17. The minimum atomic E-state index is -3.87. The highest BCUT2D eigenvalue weighted by molar-refractivity contribution is 7.89. The molecule has 0 aliphatic carbocycles. The Kier molecular flexibility index (Phi) is 5.43. The molecule has 0 fully saturated rings. The number of hydrogen-bond acceptors (Lipinski definition) is 6. The van der Waals surface area contributed by atoms with Gasteiger partial charge in [-0.2, -0.15) is 5.10 Å². The maximum Gasteiger partial charge on any atom is 0.280 e. The number of nitrogens with zero attached hydrogens (tertiary/aromatic N) is 2. The summed E-state index contributed by atoms with van der Waals surface area (Å²) in [4.78, 5) is 24.7.